The van der Waals surface area contributed by atoms with Crippen molar-refractivity contribution in [3.8, 4) is 0 Å². The minimum atomic E-state index is -0.0562. The van der Waals surface area contributed by atoms with Crippen molar-refractivity contribution in [1.29, 1.82) is 0 Å². The number of aromatic nitrogens is 2. The van der Waals surface area contributed by atoms with Gasteiger partial charge in [-0.2, -0.15) is 5.10 Å². The normalized spacial score (nSPS) is 12.5. The topological polar surface area (TPSA) is 72.9 Å². The second-order valence-electron chi connectivity index (χ2n) is 3.44. The highest BCUT2D eigenvalue weighted by molar-refractivity contribution is 9.10. The number of nitrogen functional groups attached to an aromatic ring is 1. The number of carbonyl (C=O) groups is 1. The van der Waals surface area contributed by atoms with Gasteiger partial charge in [0, 0.05) is 12.2 Å². The average Bonchev–Trinajstić information content (AvgIpc) is 2.45. The van der Waals surface area contributed by atoms with Gasteiger partial charge in [-0.15, -0.1) is 0 Å². The van der Waals surface area contributed by atoms with E-state index in [1.807, 2.05) is 13.8 Å². The minimum absolute atomic E-state index is 0.0562. The Balaban J connectivity index is 2.51. The van der Waals surface area contributed by atoms with Crippen LogP contribution < -0.4 is 11.1 Å². The molecule has 84 valence electrons. The SMILES string of the molecule is CCC(C)NC(=O)Cn1cc(Br)c(N)n1. The third-order valence-electron chi connectivity index (χ3n) is 2.07. The smallest absolute Gasteiger partial charge is 0.241 e. The number of anilines is 1. The Kier molecular flexibility index (Phi) is 4.14. The Morgan fingerprint density at radius 2 is 2.47 bits per heavy atom. The Bertz CT molecular complexity index is 330. The maximum atomic E-state index is 11.5. The zero-order chi connectivity index (χ0) is 11.4. The lowest BCUT2D eigenvalue weighted by Gasteiger charge is -2.10. The van der Waals surface area contributed by atoms with E-state index < -0.39 is 0 Å². The maximum absolute atomic E-state index is 11.5. The number of nitrogens with one attached hydrogen (secondary N) is 1. The molecule has 0 radical (unpaired) electrons. The summed E-state index contributed by atoms with van der Waals surface area (Å²) in [4.78, 5) is 11.5. The highest BCUT2D eigenvalue weighted by atomic mass is 79.9. The molecular formula is C9H15BrN4O. The van der Waals surface area contributed by atoms with Gasteiger partial charge in [-0.05, 0) is 29.3 Å². The number of rotatable bonds is 4. The van der Waals surface area contributed by atoms with E-state index in [2.05, 4.69) is 26.3 Å². The van der Waals surface area contributed by atoms with Gasteiger partial charge in [0.05, 0.1) is 4.47 Å². The van der Waals surface area contributed by atoms with Crippen molar-refractivity contribution in [3.63, 3.8) is 0 Å². The number of carbonyl (C=O) groups excluding carboxylic acids is 1. The summed E-state index contributed by atoms with van der Waals surface area (Å²) in [6.07, 6.45) is 2.60. The number of amides is 1. The molecule has 0 aliphatic carbocycles. The monoisotopic (exact) mass is 274 g/mol. The van der Waals surface area contributed by atoms with Gasteiger partial charge in [0.25, 0.3) is 0 Å². The molecule has 0 aliphatic heterocycles. The fourth-order valence-corrected chi connectivity index (χ4v) is 1.38. The van der Waals surface area contributed by atoms with Crippen LogP contribution in [0.1, 0.15) is 20.3 Å². The van der Waals surface area contributed by atoms with Gasteiger partial charge in [0.15, 0.2) is 5.82 Å². The largest absolute Gasteiger partial charge is 0.381 e. The lowest BCUT2D eigenvalue weighted by Crippen LogP contribution is -2.34. The lowest BCUT2D eigenvalue weighted by atomic mass is 10.2. The molecule has 5 nitrogen and oxygen atoms in total. The van der Waals surface area contributed by atoms with Crippen LogP contribution in [0.2, 0.25) is 0 Å². The Labute approximate surface area is 97.1 Å². The molecule has 6 heteroatoms. The molecule has 0 spiro atoms. The second kappa shape index (κ2) is 5.16. The zero-order valence-corrected chi connectivity index (χ0v) is 10.4. The van der Waals surface area contributed by atoms with Crippen LogP contribution in [-0.4, -0.2) is 21.7 Å². The van der Waals surface area contributed by atoms with E-state index >= 15 is 0 Å². The molecule has 0 saturated carbocycles. The van der Waals surface area contributed by atoms with Crippen molar-refractivity contribution >= 4 is 27.7 Å². The Morgan fingerprint density at radius 3 is 2.93 bits per heavy atom. The van der Waals surface area contributed by atoms with Crippen LogP contribution in [0.3, 0.4) is 0 Å². The van der Waals surface area contributed by atoms with Gasteiger partial charge in [-0.3, -0.25) is 9.48 Å². The van der Waals surface area contributed by atoms with Crippen LogP contribution >= 0.6 is 15.9 Å². The zero-order valence-electron chi connectivity index (χ0n) is 8.83. The van der Waals surface area contributed by atoms with Crippen molar-refractivity contribution < 1.29 is 4.79 Å². The molecule has 15 heavy (non-hydrogen) atoms. The van der Waals surface area contributed by atoms with Crippen molar-refractivity contribution in [1.82, 2.24) is 15.1 Å². The first-order valence-corrected chi connectivity index (χ1v) is 5.60. The van der Waals surface area contributed by atoms with Crippen LogP contribution in [0.25, 0.3) is 0 Å². The lowest BCUT2D eigenvalue weighted by molar-refractivity contribution is -0.122. The highest BCUT2D eigenvalue weighted by Gasteiger charge is 2.08. The van der Waals surface area contributed by atoms with E-state index in [0.29, 0.717) is 10.3 Å². The predicted octanol–water partition coefficient (Wildman–Crippen LogP) is 1.14. The van der Waals surface area contributed by atoms with Gasteiger partial charge < -0.3 is 11.1 Å². The maximum Gasteiger partial charge on any atom is 0.241 e. The molecule has 0 aliphatic rings. The summed E-state index contributed by atoms with van der Waals surface area (Å²) in [5.74, 6) is 0.339. The summed E-state index contributed by atoms with van der Waals surface area (Å²) in [7, 11) is 0. The van der Waals surface area contributed by atoms with Gasteiger partial charge in [-0.1, -0.05) is 6.92 Å². The van der Waals surface area contributed by atoms with Crippen LogP contribution in [0.4, 0.5) is 5.82 Å². The summed E-state index contributed by atoms with van der Waals surface area (Å²) in [6.45, 7) is 4.18. The summed E-state index contributed by atoms with van der Waals surface area (Å²) < 4.78 is 2.22. The summed E-state index contributed by atoms with van der Waals surface area (Å²) in [5, 5.41) is 6.82. The van der Waals surface area contributed by atoms with Crippen molar-refractivity contribution in [2.75, 3.05) is 5.73 Å². The molecule has 0 fully saturated rings. The van der Waals surface area contributed by atoms with E-state index in [4.69, 9.17) is 5.73 Å². The van der Waals surface area contributed by atoms with Gasteiger partial charge in [-0.25, -0.2) is 0 Å². The van der Waals surface area contributed by atoms with E-state index in [1.54, 1.807) is 6.20 Å². The van der Waals surface area contributed by atoms with Crippen LogP contribution in [0.5, 0.6) is 0 Å². The number of hydrogen-bond acceptors (Lipinski definition) is 3. The summed E-state index contributed by atoms with van der Waals surface area (Å²) in [6, 6.07) is 0.189. The van der Waals surface area contributed by atoms with E-state index in [0.717, 1.165) is 6.42 Å². The van der Waals surface area contributed by atoms with E-state index in [9.17, 15) is 4.79 Å². The molecule has 1 atom stereocenters. The van der Waals surface area contributed by atoms with Gasteiger partial charge >= 0.3 is 0 Å². The van der Waals surface area contributed by atoms with E-state index in [1.165, 1.54) is 4.68 Å². The fourth-order valence-electron chi connectivity index (χ4n) is 1.06. The molecule has 0 aromatic carbocycles. The molecule has 1 amide bonds. The van der Waals surface area contributed by atoms with Crippen molar-refractivity contribution in [2.45, 2.75) is 32.9 Å². The molecule has 0 bridgehead atoms. The Morgan fingerprint density at radius 1 is 1.80 bits per heavy atom. The number of nitrogens with two attached hydrogens (primary N) is 1. The molecule has 3 N–H and O–H groups in total. The second-order valence-corrected chi connectivity index (χ2v) is 4.29. The molecular weight excluding hydrogens is 260 g/mol. The average molecular weight is 275 g/mol. The minimum Gasteiger partial charge on any atom is -0.381 e. The molecule has 1 aromatic heterocycles. The number of hydrogen-bond donors (Lipinski definition) is 2. The fraction of sp³-hybridized carbons (Fsp3) is 0.556. The quantitative estimate of drug-likeness (QED) is 0.865. The molecule has 1 rings (SSSR count). The van der Waals surface area contributed by atoms with Crippen LogP contribution in [-0.2, 0) is 11.3 Å². The highest BCUT2D eigenvalue weighted by Crippen LogP contribution is 2.15. The predicted molar refractivity (Wildman–Crippen MR) is 62.2 cm³/mol. The molecule has 1 aromatic rings. The first-order valence-electron chi connectivity index (χ1n) is 4.80. The first-order chi connectivity index (χ1) is 7.02. The third kappa shape index (κ3) is 3.54. The van der Waals surface area contributed by atoms with Crippen LogP contribution in [0.15, 0.2) is 10.7 Å². The summed E-state index contributed by atoms with van der Waals surface area (Å²) >= 11 is 3.23. The van der Waals surface area contributed by atoms with Crippen molar-refractivity contribution in [3.05, 3.63) is 10.7 Å². The molecule has 1 heterocycles. The summed E-state index contributed by atoms with van der Waals surface area (Å²) in [5.41, 5.74) is 5.53. The number of halogens is 1. The molecule has 1 unspecified atom stereocenters. The first kappa shape index (κ1) is 12.0. The van der Waals surface area contributed by atoms with Gasteiger partial charge in [0.2, 0.25) is 5.91 Å². The molecule has 0 saturated heterocycles. The third-order valence-corrected chi connectivity index (χ3v) is 2.68. The standard InChI is InChI=1S/C9H15BrN4O/c1-3-6(2)12-8(15)5-14-4-7(10)9(11)13-14/h4,6H,3,5H2,1-2H3,(H2,11,13)(H,12,15). The number of nitrogens with zero attached hydrogens (tertiary/aromatic N) is 2. The Hall–Kier alpha value is -1.04. The van der Waals surface area contributed by atoms with Crippen molar-refractivity contribution in [2.24, 2.45) is 0 Å². The van der Waals surface area contributed by atoms with E-state index in [-0.39, 0.29) is 18.5 Å². The van der Waals surface area contributed by atoms with Gasteiger partial charge in [0.1, 0.15) is 6.54 Å². The van der Waals surface area contributed by atoms with Crippen LogP contribution in [0, 0.1) is 0 Å².